The fourth-order valence-corrected chi connectivity index (χ4v) is 4.84. The predicted molar refractivity (Wildman–Crippen MR) is 86.4 cm³/mol. The van der Waals surface area contributed by atoms with Crippen LogP contribution in [0.4, 0.5) is 0 Å². The molecule has 1 aromatic rings. The number of halogens is 1. The molecule has 118 valence electrons. The van der Waals surface area contributed by atoms with E-state index in [1.807, 2.05) is 19.9 Å². The molecule has 4 nitrogen and oxygen atoms in total. The minimum absolute atomic E-state index is 0. The van der Waals surface area contributed by atoms with Gasteiger partial charge in [0, 0.05) is 13.1 Å². The van der Waals surface area contributed by atoms with E-state index in [9.17, 15) is 8.42 Å². The fourth-order valence-electron chi connectivity index (χ4n) is 3.24. The summed E-state index contributed by atoms with van der Waals surface area (Å²) in [4.78, 5) is 0.435. The Morgan fingerprint density at radius 3 is 2.57 bits per heavy atom. The zero-order valence-corrected chi connectivity index (χ0v) is 14.1. The Labute approximate surface area is 133 Å². The number of aryl methyl sites for hydroxylation is 2. The molecule has 3 rings (SSSR count). The molecule has 0 amide bonds. The van der Waals surface area contributed by atoms with E-state index in [1.165, 1.54) is 0 Å². The Morgan fingerprint density at radius 1 is 1.14 bits per heavy atom. The molecular formula is C15H23ClN2O2S. The third kappa shape index (κ3) is 3.11. The topological polar surface area (TPSA) is 49.4 Å². The van der Waals surface area contributed by atoms with Crippen LogP contribution >= 0.6 is 12.4 Å². The molecule has 0 aromatic heterocycles. The lowest BCUT2D eigenvalue weighted by atomic mass is 9.90. The standard InChI is InChI=1S/C15H22N2O2S.ClH/c1-11-3-4-15(7-12(11)2)20(18,19)17-6-5-13-8-16-9-14(13)10-17;/h3-4,7,13-14,16H,5-6,8-10H2,1-2H3;1H. The molecule has 21 heavy (non-hydrogen) atoms. The van der Waals surface area contributed by atoms with Crippen LogP contribution in [-0.4, -0.2) is 38.9 Å². The van der Waals surface area contributed by atoms with E-state index in [1.54, 1.807) is 16.4 Å². The van der Waals surface area contributed by atoms with E-state index in [0.29, 0.717) is 29.8 Å². The molecule has 0 bridgehead atoms. The highest BCUT2D eigenvalue weighted by Gasteiger charge is 2.37. The van der Waals surface area contributed by atoms with Crippen molar-refractivity contribution >= 4 is 22.4 Å². The molecule has 0 spiro atoms. The molecule has 2 atom stereocenters. The van der Waals surface area contributed by atoms with Gasteiger partial charge < -0.3 is 5.32 Å². The van der Waals surface area contributed by atoms with Crippen molar-refractivity contribution in [2.24, 2.45) is 11.8 Å². The minimum atomic E-state index is -3.33. The normalized spacial score (nSPS) is 26.2. The maximum Gasteiger partial charge on any atom is 0.243 e. The molecule has 2 heterocycles. The first kappa shape index (κ1) is 16.7. The van der Waals surface area contributed by atoms with Gasteiger partial charge >= 0.3 is 0 Å². The number of hydrogen-bond acceptors (Lipinski definition) is 3. The first-order chi connectivity index (χ1) is 9.48. The van der Waals surface area contributed by atoms with Gasteiger partial charge in [-0.25, -0.2) is 8.42 Å². The Morgan fingerprint density at radius 2 is 1.86 bits per heavy atom. The summed E-state index contributed by atoms with van der Waals surface area (Å²) in [6.45, 7) is 7.26. The van der Waals surface area contributed by atoms with Gasteiger partial charge in [-0.1, -0.05) is 6.07 Å². The van der Waals surface area contributed by atoms with Crippen LogP contribution in [0.5, 0.6) is 0 Å². The van der Waals surface area contributed by atoms with Gasteiger partial charge in [-0.3, -0.25) is 0 Å². The van der Waals surface area contributed by atoms with Crippen molar-refractivity contribution in [3.63, 3.8) is 0 Å². The lowest BCUT2D eigenvalue weighted by molar-refractivity contribution is 0.228. The SMILES string of the molecule is Cc1ccc(S(=O)(=O)N2CCC3CNCC3C2)cc1C.Cl. The molecule has 0 aliphatic carbocycles. The second-order valence-corrected chi connectivity index (χ2v) is 8.01. The second-order valence-electron chi connectivity index (χ2n) is 6.08. The zero-order valence-electron chi connectivity index (χ0n) is 12.5. The van der Waals surface area contributed by atoms with Crippen LogP contribution in [0.25, 0.3) is 0 Å². The molecule has 2 unspecified atom stereocenters. The van der Waals surface area contributed by atoms with Gasteiger partial charge in [0.25, 0.3) is 0 Å². The molecule has 2 saturated heterocycles. The van der Waals surface area contributed by atoms with Crippen molar-refractivity contribution in [1.29, 1.82) is 0 Å². The van der Waals surface area contributed by atoms with Crippen LogP contribution in [-0.2, 0) is 10.0 Å². The van der Waals surface area contributed by atoms with E-state index in [2.05, 4.69) is 5.32 Å². The number of fused-ring (bicyclic) bond motifs is 1. The van der Waals surface area contributed by atoms with Gasteiger partial charge in [0.1, 0.15) is 0 Å². The van der Waals surface area contributed by atoms with Gasteiger partial charge in [0.05, 0.1) is 4.90 Å². The van der Waals surface area contributed by atoms with Crippen LogP contribution in [0.1, 0.15) is 17.5 Å². The van der Waals surface area contributed by atoms with Crippen LogP contribution in [0, 0.1) is 25.7 Å². The first-order valence-electron chi connectivity index (χ1n) is 7.26. The van der Waals surface area contributed by atoms with Crippen molar-refractivity contribution in [3.05, 3.63) is 29.3 Å². The third-order valence-corrected chi connectivity index (χ3v) is 6.64. The summed E-state index contributed by atoms with van der Waals surface area (Å²) in [5.41, 5.74) is 2.16. The highest BCUT2D eigenvalue weighted by molar-refractivity contribution is 7.89. The van der Waals surface area contributed by atoms with Crippen molar-refractivity contribution < 1.29 is 8.42 Å². The Bertz CT molecular complexity index is 618. The van der Waals surface area contributed by atoms with E-state index in [-0.39, 0.29) is 12.4 Å². The van der Waals surface area contributed by atoms with Crippen LogP contribution in [0.3, 0.4) is 0 Å². The van der Waals surface area contributed by atoms with Gasteiger partial charge in [-0.2, -0.15) is 4.31 Å². The molecule has 6 heteroatoms. The molecule has 0 radical (unpaired) electrons. The zero-order chi connectivity index (χ0) is 14.3. The van der Waals surface area contributed by atoms with E-state index in [4.69, 9.17) is 0 Å². The highest BCUT2D eigenvalue weighted by atomic mass is 35.5. The Kier molecular flexibility index (Phi) is 4.98. The first-order valence-corrected chi connectivity index (χ1v) is 8.70. The summed E-state index contributed by atoms with van der Waals surface area (Å²) < 4.78 is 27.2. The predicted octanol–water partition coefficient (Wildman–Crippen LogP) is 1.96. The monoisotopic (exact) mass is 330 g/mol. The number of sulfonamides is 1. The third-order valence-electron chi connectivity index (χ3n) is 4.78. The molecule has 2 aliphatic rings. The number of rotatable bonds is 2. The van der Waals surface area contributed by atoms with Crippen LogP contribution in [0.2, 0.25) is 0 Å². The van der Waals surface area contributed by atoms with Crippen molar-refractivity contribution in [2.45, 2.75) is 25.2 Å². The quantitative estimate of drug-likeness (QED) is 0.901. The number of benzene rings is 1. The second kappa shape index (κ2) is 6.24. The van der Waals surface area contributed by atoms with Crippen molar-refractivity contribution in [1.82, 2.24) is 9.62 Å². The maximum atomic E-state index is 12.7. The minimum Gasteiger partial charge on any atom is -0.316 e. The van der Waals surface area contributed by atoms with Gasteiger partial charge in [-0.05, 0) is 68.5 Å². The molecule has 2 fully saturated rings. The lowest BCUT2D eigenvalue weighted by Crippen LogP contribution is -2.43. The summed E-state index contributed by atoms with van der Waals surface area (Å²) in [6, 6.07) is 5.42. The summed E-state index contributed by atoms with van der Waals surface area (Å²) in [6.07, 6.45) is 0.974. The summed E-state index contributed by atoms with van der Waals surface area (Å²) in [5, 5.41) is 3.37. The van der Waals surface area contributed by atoms with Crippen LogP contribution in [0.15, 0.2) is 23.1 Å². The molecule has 2 aliphatic heterocycles. The summed E-state index contributed by atoms with van der Waals surface area (Å²) in [5.74, 6) is 1.13. The average Bonchev–Trinajstić information content (AvgIpc) is 2.89. The number of nitrogens with one attached hydrogen (secondary N) is 1. The van der Waals surface area contributed by atoms with Crippen molar-refractivity contribution in [3.8, 4) is 0 Å². The maximum absolute atomic E-state index is 12.7. The highest BCUT2D eigenvalue weighted by Crippen LogP contribution is 2.30. The summed E-state index contributed by atoms with van der Waals surface area (Å²) in [7, 11) is -3.33. The van der Waals surface area contributed by atoms with Gasteiger partial charge in [0.2, 0.25) is 10.0 Å². The van der Waals surface area contributed by atoms with Crippen LogP contribution < -0.4 is 5.32 Å². The number of hydrogen-bond donors (Lipinski definition) is 1. The van der Waals surface area contributed by atoms with Gasteiger partial charge in [-0.15, -0.1) is 12.4 Å². The largest absolute Gasteiger partial charge is 0.316 e. The van der Waals surface area contributed by atoms with Crippen molar-refractivity contribution in [2.75, 3.05) is 26.2 Å². The van der Waals surface area contributed by atoms with E-state index >= 15 is 0 Å². The lowest BCUT2D eigenvalue weighted by Gasteiger charge is -2.33. The molecular weight excluding hydrogens is 308 g/mol. The molecule has 1 aromatic carbocycles. The smallest absolute Gasteiger partial charge is 0.243 e. The Balaban J connectivity index is 0.00000161. The van der Waals surface area contributed by atoms with E-state index < -0.39 is 10.0 Å². The van der Waals surface area contributed by atoms with E-state index in [0.717, 1.165) is 30.6 Å². The number of piperidine rings is 1. The summed E-state index contributed by atoms with van der Waals surface area (Å²) >= 11 is 0. The Hall–Kier alpha value is -0.620. The number of nitrogens with zero attached hydrogens (tertiary/aromatic N) is 1. The fraction of sp³-hybridized carbons (Fsp3) is 0.600. The molecule has 1 N–H and O–H groups in total. The van der Waals surface area contributed by atoms with Gasteiger partial charge in [0.15, 0.2) is 0 Å². The average molecular weight is 331 g/mol. The molecule has 0 saturated carbocycles.